The molecular formula is C18H26N4O. The Balaban J connectivity index is 1.89. The summed E-state index contributed by atoms with van der Waals surface area (Å²) in [5.74, 6) is 0.0174. The van der Waals surface area contributed by atoms with Crippen LogP contribution in [0, 0.1) is 0 Å². The maximum Gasteiger partial charge on any atom is 0.216 e. The zero-order valence-corrected chi connectivity index (χ0v) is 14.3. The second kappa shape index (κ2) is 7.92. The van der Waals surface area contributed by atoms with E-state index < -0.39 is 0 Å². The third kappa shape index (κ3) is 5.21. The van der Waals surface area contributed by atoms with Crippen LogP contribution in [0.5, 0.6) is 0 Å². The molecule has 2 N–H and O–H groups in total. The summed E-state index contributed by atoms with van der Waals surface area (Å²) in [4.78, 5) is 10.9. The fraction of sp³-hybridized carbons (Fsp3) is 0.444. The van der Waals surface area contributed by atoms with E-state index in [1.165, 1.54) is 16.7 Å². The van der Waals surface area contributed by atoms with Crippen LogP contribution in [0.15, 0.2) is 36.7 Å². The average Bonchev–Trinajstić information content (AvgIpc) is 2.94. The Kier molecular flexibility index (Phi) is 5.93. The van der Waals surface area contributed by atoms with Crippen LogP contribution in [0.25, 0.3) is 0 Å². The second-order valence-corrected chi connectivity index (χ2v) is 6.03. The predicted molar refractivity (Wildman–Crippen MR) is 92.0 cm³/mol. The van der Waals surface area contributed by atoms with Crippen LogP contribution < -0.4 is 10.6 Å². The van der Waals surface area contributed by atoms with Crippen molar-refractivity contribution in [3.05, 3.63) is 53.3 Å². The van der Waals surface area contributed by atoms with Crippen LogP contribution in [0.3, 0.4) is 0 Å². The Morgan fingerprint density at radius 1 is 1.17 bits per heavy atom. The number of aromatic nitrogens is 2. The van der Waals surface area contributed by atoms with E-state index in [-0.39, 0.29) is 18.0 Å². The Bertz CT molecular complexity index is 633. The lowest BCUT2D eigenvalue weighted by molar-refractivity contribution is -0.118. The van der Waals surface area contributed by atoms with Crippen LogP contribution in [-0.4, -0.2) is 22.2 Å². The fourth-order valence-corrected chi connectivity index (χ4v) is 2.59. The number of hydrogen-bond acceptors (Lipinski definition) is 3. The lowest BCUT2D eigenvalue weighted by Crippen LogP contribution is -2.23. The minimum atomic E-state index is 0.0174. The first-order valence-corrected chi connectivity index (χ1v) is 8.03. The summed E-state index contributed by atoms with van der Waals surface area (Å²) in [6.45, 7) is 6.54. The van der Waals surface area contributed by atoms with Crippen LogP contribution in [-0.2, 0) is 18.3 Å². The highest BCUT2D eigenvalue weighted by molar-refractivity contribution is 5.72. The molecule has 0 bridgehead atoms. The quantitative estimate of drug-likeness (QED) is 0.825. The number of hydrogen-bond donors (Lipinski definition) is 2. The van der Waals surface area contributed by atoms with Crippen LogP contribution in [0.2, 0.25) is 0 Å². The van der Waals surface area contributed by atoms with E-state index in [4.69, 9.17) is 0 Å². The van der Waals surface area contributed by atoms with Gasteiger partial charge >= 0.3 is 0 Å². The molecule has 1 aromatic carbocycles. The minimum Gasteiger partial charge on any atom is -0.356 e. The molecule has 0 spiro atoms. The second-order valence-electron chi connectivity index (χ2n) is 6.03. The summed E-state index contributed by atoms with van der Waals surface area (Å²) >= 11 is 0. The van der Waals surface area contributed by atoms with E-state index in [2.05, 4.69) is 53.8 Å². The Hall–Kier alpha value is -2.14. The summed E-state index contributed by atoms with van der Waals surface area (Å²) in [5.41, 5.74) is 3.67. The van der Waals surface area contributed by atoms with Gasteiger partial charge in [0.05, 0.1) is 6.20 Å². The zero-order chi connectivity index (χ0) is 16.8. The third-order valence-electron chi connectivity index (χ3n) is 3.99. The van der Waals surface area contributed by atoms with Crippen molar-refractivity contribution in [3.8, 4) is 0 Å². The molecule has 0 saturated heterocycles. The van der Waals surface area contributed by atoms with E-state index in [9.17, 15) is 4.79 Å². The molecule has 0 saturated carbocycles. The summed E-state index contributed by atoms with van der Waals surface area (Å²) in [6.07, 6.45) is 4.79. The Labute approximate surface area is 138 Å². The molecule has 2 atom stereocenters. The van der Waals surface area contributed by atoms with Crippen molar-refractivity contribution in [2.24, 2.45) is 7.05 Å². The number of nitrogens with one attached hydrogen (secondary N) is 2. The maximum absolute atomic E-state index is 10.9. The molecule has 5 nitrogen and oxygen atoms in total. The minimum absolute atomic E-state index is 0.0174. The van der Waals surface area contributed by atoms with Gasteiger partial charge in [-0.3, -0.25) is 9.48 Å². The summed E-state index contributed by atoms with van der Waals surface area (Å²) in [7, 11) is 1.93. The fourth-order valence-electron chi connectivity index (χ4n) is 2.59. The monoisotopic (exact) mass is 314 g/mol. The molecule has 2 rings (SSSR count). The lowest BCUT2D eigenvalue weighted by atomic mass is 10.0. The van der Waals surface area contributed by atoms with E-state index in [1.807, 2.05) is 24.1 Å². The zero-order valence-electron chi connectivity index (χ0n) is 14.3. The standard InChI is InChI=1S/C18H26N4O/c1-13(21-14(2)18-11-20-22(4)12-18)17-7-5-16(6-8-17)9-10-19-15(3)23/h5-8,11-14,21H,9-10H2,1-4H3,(H,19,23). The lowest BCUT2D eigenvalue weighted by Gasteiger charge is -2.20. The number of benzene rings is 1. The summed E-state index contributed by atoms with van der Waals surface area (Å²) < 4.78 is 1.82. The Morgan fingerprint density at radius 2 is 1.83 bits per heavy atom. The number of nitrogens with zero attached hydrogens (tertiary/aromatic N) is 2. The van der Waals surface area contributed by atoms with Gasteiger partial charge in [-0.1, -0.05) is 24.3 Å². The van der Waals surface area contributed by atoms with Crippen molar-refractivity contribution >= 4 is 5.91 Å². The molecule has 5 heteroatoms. The predicted octanol–water partition coefficient (Wildman–Crippen LogP) is 2.51. The van der Waals surface area contributed by atoms with Crippen molar-refractivity contribution in [3.63, 3.8) is 0 Å². The van der Waals surface area contributed by atoms with Crippen LogP contribution in [0.1, 0.15) is 49.5 Å². The van der Waals surface area contributed by atoms with Gasteiger partial charge in [0.1, 0.15) is 0 Å². The van der Waals surface area contributed by atoms with Gasteiger partial charge in [-0.2, -0.15) is 5.10 Å². The SMILES string of the molecule is CC(=O)NCCc1ccc(C(C)NC(C)c2cnn(C)c2)cc1. The number of carbonyl (C=O) groups excluding carboxylic acids is 1. The first-order valence-electron chi connectivity index (χ1n) is 8.03. The van der Waals surface area contributed by atoms with E-state index in [0.29, 0.717) is 6.54 Å². The van der Waals surface area contributed by atoms with Gasteiger partial charge < -0.3 is 10.6 Å². The highest BCUT2D eigenvalue weighted by Gasteiger charge is 2.12. The molecule has 2 unspecified atom stereocenters. The molecule has 0 aliphatic heterocycles. The topological polar surface area (TPSA) is 59.0 Å². The molecule has 0 aliphatic carbocycles. The van der Waals surface area contributed by atoms with Crippen LogP contribution in [0.4, 0.5) is 0 Å². The van der Waals surface area contributed by atoms with Gasteiger partial charge in [-0.05, 0) is 31.4 Å². The molecule has 124 valence electrons. The number of rotatable bonds is 7. The first kappa shape index (κ1) is 17.2. The largest absolute Gasteiger partial charge is 0.356 e. The van der Waals surface area contributed by atoms with E-state index in [1.54, 1.807) is 6.92 Å². The highest BCUT2D eigenvalue weighted by Crippen LogP contribution is 2.19. The summed E-state index contributed by atoms with van der Waals surface area (Å²) in [6, 6.07) is 9.06. The van der Waals surface area contributed by atoms with Crippen molar-refractivity contribution in [2.75, 3.05) is 6.54 Å². The smallest absolute Gasteiger partial charge is 0.216 e. The molecule has 0 fully saturated rings. The molecule has 1 amide bonds. The highest BCUT2D eigenvalue weighted by atomic mass is 16.1. The first-order chi connectivity index (χ1) is 11.0. The number of carbonyl (C=O) groups is 1. The normalized spacial score (nSPS) is 13.6. The van der Waals surface area contributed by atoms with Gasteiger partial charge in [0, 0.05) is 44.4 Å². The van der Waals surface area contributed by atoms with E-state index >= 15 is 0 Å². The molecule has 1 aromatic heterocycles. The molecule has 2 aromatic rings. The molecular weight excluding hydrogens is 288 g/mol. The van der Waals surface area contributed by atoms with Crippen molar-refractivity contribution in [1.82, 2.24) is 20.4 Å². The van der Waals surface area contributed by atoms with Gasteiger partial charge in [0.2, 0.25) is 5.91 Å². The molecule has 23 heavy (non-hydrogen) atoms. The summed E-state index contributed by atoms with van der Waals surface area (Å²) in [5, 5.41) is 10.6. The van der Waals surface area contributed by atoms with Gasteiger partial charge in [0.25, 0.3) is 0 Å². The maximum atomic E-state index is 10.9. The van der Waals surface area contributed by atoms with Crippen LogP contribution >= 0.6 is 0 Å². The Morgan fingerprint density at radius 3 is 2.39 bits per heavy atom. The molecule has 1 heterocycles. The molecule has 0 radical (unpaired) electrons. The molecule has 0 aliphatic rings. The van der Waals surface area contributed by atoms with Gasteiger partial charge in [0.15, 0.2) is 0 Å². The number of aryl methyl sites for hydroxylation is 1. The van der Waals surface area contributed by atoms with Gasteiger partial charge in [-0.15, -0.1) is 0 Å². The average molecular weight is 314 g/mol. The third-order valence-corrected chi connectivity index (χ3v) is 3.99. The van der Waals surface area contributed by atoms with Crippen molar-refractivity contribution in [1.29, 1.82) is 0 Å². The number of amides is 1. The van der Waals surface area contributed by atoms with Gasteiger partial charge in [-0.25, -0.2) is 0 Å². The van der Waals surface area contributed by atoms with E-state index in [0.717, 1.165) is 6.42 Å². The van der Waals surface area contributed by atoms with Crippen molar-refractivity contribution < 1.29 is 4.79 Å². The van der Waals surface area contributed by atoms with Crippen molar-refractivity contribution in [2.45, 2.75) is 39.3 Å².